The van der Waals surface area contributed by atoms with Gasteiger partial charge in [0.25, 0.3) is 0 Å². The molecule has 0 saturated carbocycles. The second-order valence-electron chi connectivity index (χ2n) is 6.85. The van der Waals surface area contributed by atoms with Gasteiger partial charge in [-0.05, 0) is 23.1 Å². The molecule has 0 amide bonds. The lowest BCUT2D eigenvalue weighted by Crippen LogP contribution is -2.45. The summed E-state index contributed by atoms with van der Waals surface area (Å²) < 4.78 is 0.718. The Morgan fingerprint density at radius 1 is 0.667 bits per heavy atom. The summed E-state index contributed by atoms with van der Waals surface area (Å²) in [5.74, 6) is 0. The number of nitrogens with zero attached hydrogens (tertiary/aromatic N) is 1. The zero-order valence-electron chi connectivity index (χ0n) is 15.4. The van der Waals surface area contributed by atoms with E-state index >= 15 is 0 Å². The molecule has 0 aliphatic heterocycles. The molecule has 3 heteroatoms. The fraction of sp³-hybridized carbons (Fsp3) is 0.250. The molecule has 0 bridgehead atoms. The Balaban J connectivity index is 1.88. The minimum atomic E-state index is -0.377. The molecule has 3 rings (SSSR count). The Bertz CT molecular complexity index is 738. The average Bonchev–Trinajstić information content (AvgIpc) is 2.73. The third kappa shape index (κ3) is 6.16. The summed E-state index contributed by atoms with van der Waals surface area (Å²) in [4.78, 5) is 2.42. The van der Waals surface area contributed by atoms with Gasteiger partial charge in [0.1, 0.15) is 0 Å². The minimum Gasteiger partial charge on any atom is -0.391 e. The van der Waals surface area contributed by atoms with E-state index in [0.29, 0.717) is 0 Å². The number of benzene rings is 3. The molecule has 0 unspecified atom stereocenters. The van der Waals surface area contributed by atoms with Gasteiger partial charge in [-0.3, -0.25) is 4.90 Å². The molecule has 0 aliphatic rings. The van der Waals surface area contributed by atoms with E-state index in [2.05, 4.69) is 100 Å². The molecule has 0 aromatic heterocycles. The number of rotatable bonds is 9. The lowest BCUT2D eigenvalue weighted by atomic mass is 9.99. The monoisotopic (exact) mass is 471 g/mol. The summed E-state index contributed by atoms with van der Waals surface area (Å²) in [5.41, 5.74) is 3.80. The molecular formula is C24H26INO. The smallest absolute Gasteiger partial charge is 0.0788 e. The summed E-state index contributed by atoms with van der Waals surface area (Å²) in [6.07, 6.45) is 0.461. The van der Waals surface area contributed by atoms with Gasteiger partial charge in [0, 0.05) is 23.6 Å². The van der Waals surface area contributed by atoms with Crippen molar-refractivity contribution in [2.45, 2.75) is 31.7 Å². The second-order valence-corrected chi connectivity index (χ2v) is 7.74. The standard InChI is InChI=1S/C24H26INO/c25-17-24(27)23(16-20-10-4-1-5-11-20)26(18-21-12-6-2-7-13-21)19-22-14-8-3-9-15-22/h1-15,23-24,27H,16-19H2/t23-,24+/m0/s1. The summed E-state index contributed by atoms with van der Waals surface area (Å²) in [6, 6.07) is 31.6. The van der Waals surface area contributed by atoms with Crippen molar-refractivity contribution in [3.05, 3.63) is 108 Å². The number of aliphatic hydroxyl groups excluding tert-OH is 1. The molecule has 0 saturated heterocycles. The van der Waals surface area contributed by atoms with E-state index in [-0.39, 0.29) is 12.1 Å². The molecule has 0 aliphatic carbocycles. The van der Waals surface area contributed by atoms with E-state index in [0.717, 1.165) is 23.9 Å². The van der Waals surface area contributed by atoms with Crippen LogP contribution in [-0.2, 0) is 19.5 Å². The van der Waals surface area contributed by atoms with Gasteiger partial charge in [-0.15, -0.1) is 0 Å². The molecule has 2 nitrogen and oxygen atoms in total. The first-order chi connectivity index (χ1) is 13.3. The van der Waals surface area contributed by atoms with Crippen LogP contribution in [0.15, 0.2) is 91.0 Å². The lowest BCUT2D eigenvalue weighted by Gasteiger charge is -2.35. The first-order valence-corrected chi connectivity index (χ1v) is 10.9. The van der Waals surface area contributed by atoms with Crippen molar-refractivity contribution < 1.29 is 5.11 Å². The van der Waals surface area contributed by atoms with Crippen LogP contribution in [0.2, 0.25) is 0 Å². The maximum absolute atomic E-state index is 10.9. The van der Waals surface area contributed by atoms with Crippen molar-refractivity contribution in [3.8, 4) is 0 Å². The van der Waals surface area contributed by atoms with Gasteiger partial charge in [-0.25, -0.2) is 0 Å². The average molecular weight is 471 g/mol. The van der Waals surface area contributed by atoms with E-state index in [1.54, 1.807) is 0 Å². The Hall–Kier alpha value is -1.69. The molecular weight excluding hydrogens is 445 g/mol. The summed E-state index contributed by atoms with van der Waals surface area (Å²) in [6.45, 7) is 1.64. The fourth-order valence-electron chi connectivity index (χ4n) is 3.39. The zero-order valence-corrected chi connectivity index (χ0v) is 17.6. The summed E-state index contributed by atoms with van der Waals surface area (Å²) in [5, 5.41) is 10.9. The van der Waals surface area contributed by atoms with Crippen LogP contribution in [0.1, 0.15) is 16.7 Å². The maximum atomic E-state index is 10.9. The highest BCUT2D eigenvalue weighted by Crippen LogP contribution is 2.20. The number of alkyl halides is 1. The van der Waals surface area contributed by atoms with Gasteiger partial charge in [-0.2, -0.15) is 0 Å². The Morgan fingerprint density at radius 3 is 1.48 bits per heavy atom. The SMILES string of the molecule is O[C@H](CI)[C@H](Cc1ccccc1)N(Cc1ccccc1)Cc1ccccc1. The van der Waals surface area contributed by atoms with Crippen molar-refractivity contribution in [1.82, 2.24) is 4.90 Å². The Labute approximate surface area is 176 Å². The summed E-state index contributed by atoms with van der Waals surface area (Å²) in [7, 11) is 0. The van der Waals surface area contributed by atoms with Crippen molar-refractivity contribution in [1.29, 1.82) is 0 Å². The highest BCUT2D eigenvalue weighted by atomic mass is 127. The molecule has 0 radical (unpaired) electrons. The van der Waals surface area contributed by atoms with E-state index in [9.17, 15) is 5.11 Å². The minimum absolute atomic E-state index is 0.0599. The van der Waals surface area contributed by atoms with Crippen LogP contribution in [0.3, 0.4) is 0 Å². The van der Waals surface area contributed by atoms with Crippen molar-refractivity contribution in [3.63, 3.8) is 0 Å². The predicted molar refractivity (Wildman–Crippen MR) is 121 cm³/mol. The number of hydrogen-bond acceptors (Lipinski definition) is 2. The molecule has 3 aromatic carbocycles. The van der Waals surface area contributed by atoms with Crippen LogP contribution in [0.4, 0.5) is 0 Å². The van der Waals surface area contributed by atoms with Crippen LogP contribution >= 0.6 is 22.6 Å². The Kier molecular flexibility index (Phi) is 7.87. The molecule has 2 atom stereocenters. The highest BCUT2D eigenvalue weighted by Gasteiger charge is 2.26. The van der Waals surface area contributed by atoms with Gasteiger partial charge in [0.05, 0.1) is 6.10 Å². The molecule has 0 heterocycles. The number of hydrogen-bond donors (Lipinski definition) is 1. The van der Waals surface area contributed by atoms with Crippen molar-refractivity contribution >= 4 is 22.6 Å². The number of halogens is 1. The topological polar surface area (TPSA) is 23.5 Å². The lowest BCUT2D eigenvalue weighted by molar-refractivity contribution is 0.0550. The van der Waals surface area contributed by atoms with Crippen LogP contribution in [-0.4, -0.2) is 26.6 Å². The van der Waals surface area contributed by atoms with Gasteiger partial charge < -0.3 is 5.11 Å². The Morgan fingerprint density at radius 2 is 1.07 bits per heavy atom. The number of aliphatic hydroxyl groups is 1. The molecule has 0 fully saturated rings. The van der Waals surface area contributed by atoms with Crippen LogP contribution in [0.5, 0.6) is 0 Å². The summed E-state index contributed by atoms with van der Waals surface area (Å²) >= 11 is 2.29. The molecule has 27 heavy (non-hydrogen) atoms. The van der Waals surface area contributed by atoms with E-state index in [1.807, 2.05) is 18.2 Å². The van der Waals surface area contributed by atoms with Gasteiger partial charge in [0.15, 0.2) is 0 Å². The van der Waals surface area contributed by atoms with Crippen molar-refractivity contribution in [2.75, 3.05) is 4.43 Å². The quantitative estimate of drug-likeness (QED) is 0.347. The van der Waals surface area contributed by atoms with Gasteiger partial charge in [0.2, 0.25) is 0 Å². The van der Waals surface area contributed by atoms with Crippen LogP contribution in [0.25, 0.3) is 0 Å². The third-order valence-electron chi connectivity index (χ3n) is 4.82. The van der Waals surface area contributed by atoms with Gasteiger partial charge in [-0.1, -0.05) is 114 Å². The van der Waals surface area contributed by atoms with Gasteiger partial charge >= 0.3 is 0 Å². The molecule has 0 spiro atoms. The third-order valence-corrected chi connectivity index (χ3v) is 5.72. The molecule has 1 N–H and O–H groups in total. The van der Waals surface area contributed by atoms with Crippen molar-refractivity contribution in [2.24, 2.45) is 0 Å². The first-order valence-electron chi connectivity index (χ1n) is 9.36. The largest absolute Gasteiger partial charge is 0.391 e. The maximum Gasteiger partial charge on any atom is 0.0788 e. The fourth-order valence-corrected chi connectivity index (χ4v) is 3.98. The van der Waals surface area contributed by atoms with E-state index in [4.69, 9.17) is 0 Å². The van der Waals surface area contributed by atoms with Crippen LogP contribution < -0.4 is 0 Å². The normalized spacial score (nSPS) is 13.4. The molecule has 140 valence electrons. The first kappa shape index (κ1) is 20.1. The zero-order chi connectivity index (χ0) is 18.9. The highest BCUT2D eigenvalue weighted by molar-refractivity contribution is 14.1. The van der Waals surface area contributed by atoms with E-state index in [1.165, 1.54) is 16.7 Å². The van der Waals surface area contributed by atoms with E-state index < -0.39 is 0 Å². The molecule has 3 aromatic rings. The predicted octanol–water partition coefficient (Wildman–Crippen LogP) is 5.10. The second kappa shape index (κ2) is 10.6. The van der Waals surface area contributed by atoms with Crippen LogP contribution in [0, 0.1) is 0 Å².